The van der Waals surface area contributed by atoms with Crippen LogP contribution in [-0.4, -0.2) is 34.6 Å². The third-order valence-electron chi connectivity index (χ3n) is 4.86. The summed E-state index contributed by atoms with van der Waals surface area (Å²) in [5.74, 6) is 0.761. The van der Waals surface area contributed by atoms with E-state index in [4.69, 9.17) is 0 Å². The minimum Gasteiger partial charge on any atom is -0.387 e. The van der Waals surface area contributed by atoms with Crippen molar-refractivity contribution >= 4 is 17.2 Å². The molecule has 4 heteroatoms. The number of thiophene rings is 1. The molecule has 2 fully saturated rings. The van der Waals surface area contributed by atoms with Crippen molar-refractivity contribution in [1.82, 2.24) is 4.90 Å². The second kappa shape index (κ2) is 4.91. The van der Waals surface area contributed by atoms with Gasteiger partial charge in [-0.25, -0.2) is 0 Å². The maximum Gasteiger partial charge on any atom is 0.227 e. The molecule has 1 saturated heterocycles. The normalized spacial score (nSPS) is 31.5. The average molecular weight is 279 g/mol. The van der Waals surface area contributed by atoms with Crippen molar-refractivity contribution in [3.05, 3.63) is 22.4 Å². The lowest BCUT2D eigenvalue weighted by Crippen LogP contribution is -2.48. The van der Waals surface area contributed by atoms with Gasteiger partial charge in [-0.1, -0.05) is 19.4 Å². The summed E-state index contributed by atoms with van der Waals surface area (Å²) >= 11 is 1.62. The van der Waals surface area contributed by atoms with Crippen molar-refractivity contribution in [2.45, 2.75) is 38.2 Å². The molecule has 0 bridgehead atoms. The van der Waals surface area contributed by atoms with Gasteiger partial charge in [0, 0.05) is 23.9 Å². The van der Waals surface area contributed by atoms with E-state index in [0.29, 0.717) is 25.4 Å². The zero-order valence-electron chi connectivity index (χ0n) is 11.3. The second-order valence-electron chi connectivity index (χ2n) is 6.05. The van der Waals surface area contributed by atoms with Gasteiger partial charge in [0.1, 0.15) is 0 Å². The predicted molar refractivity (Wildman–Crippen MR) is 76.1 cm³/mol. The summed E-state index contributed by atoms with van der Waals surface area (Å²) in [4.78, 5) is 15.3. The van der Waals surface area contributed by atoms with Crippen LogP contribution in [-0.2, 0) is 11.2 Å². The van der Waals surface area contributed by atoms with E-state index < -0.39 is 5.60 Å². The van der Waals surface area contributed by atoms with Crippen molar-refractivity contribution < 1.29 is 9.90 Å². The van der Waals surface area contributed by atoms with Gasteiger partial charge in [0.15, 0.2) is 0 Å². The van der Waals surface area contributed by atoms with E-state index in [1.165, 1.54) is 6.42 Å². The molecule has 104 valence electrons. The molecular formula is C15H21NO2S. The van der Waals surface area contributed by atoms with Crippen LogP contribution >= 0.6 is 11.3 Å². The number of carbonyl (C=O) groups is 1. The van der Waals surface area contributed by atoms with Gasteiger partial charge >= 0.3 is 0 Å². The van der Waals surface area contributed by atoms with Crippen LogP contribution in [0.5, 0.6) is 0 Å². The second-order valence-corrected chi connectivity index (χ2v) is 7.08. The van der Waals surface area contributed by atoms with Crippen molar-refractivity contribution in [1.29, 1.82) is 0 Å². The number of amides is 1. The van der Waals surface area contributed by atoms with Crippen molar-refractivity contribution in [2.75, 3.05) is 13.1 Å². The van der Waals surface area contributed by atoms with Crippen LogP contribution in [0.2, 0.25) is 0 Å². The highest BCUT2D eigenvalue weighted by Gasteiger charge is 2.50. The third-order valence-corrected chi connectivity index (χ3v) is 5.74. The number of hydrogen-bond donors (Lipinski definition) is 1. The SMILES string of the molecule is CC1CN(C(=O)Cc2cccs2)CC1(O)C1CCC1. The zero-order chi connectivity index (χ0) is 13.5. The number of β-amino-alcohol motifs (C(OH)–C–C–N with tert-alkyl or cyclic N) is 1. The molecule has 2 heterocycles. The fourth-order valence-electron chi connectivity index (χ4n) is 3.32. The summed E-state index contributed by atoms with van der Waals surface area (Å²) in [7, 11) is 0. The van der Waals surface area contributed by atoms with Crippen LogP contribution in [0.4, 0.5) is 0 Å². The molecule has 2 atom stereocenters. The molecule has 1 amide bonds. The molecule has 3 nitrogen and oxygen atoms in total. The highest BCUT2D eigenvalue weighted by atomic mass is 32.1. The van der Waals surface area contributed by atoms with E-state index in [1.54, 1.807) is 11.3 Å². The summed E-state index contributed by atoms with van der Waals surface area (Å²) in [6.07, 6.45) is 3.94. The molecule has 1 aliphatic carbocycles. The smallest absolute Gasteiger partial charge is 0.227 e. The van der Waals surface area contributed by atoms with E-state index in [2.05, 4.69) is 6.92 Å². The number of rotatable bonds is 3. The lowest BCUT2D eigenvalue weighted by Gasteiger charge is -2.41. The van der Waals surface area contributed by atoms with Crippen LogP contribution < -0.4 is 0 Å². The maximum absolute atomic E-state index is 12.3. The first-order valence-electron chi connectivity index (χ1n) is 7.12. The number of aliphatic hydroxyl groups is 1. The first kappa shape index (κ1) is 13.1. The molecule has 3 rings (SSSR count). The Morgan fingerprint density at radius 2 is 2.37 bits per heavy atom. The lowest BCUT2D eigenvalue weighted by molar-refractivity contribution is -0.131. The number of likely N-dealkylation sites (tertiary alicyclic amines) is 1. The Hall–Kier alpha value is -0.870. The Balaban J connectivity index is 1.65. The van der Waals surface area contributed by atoms with E-state index in [1.807, 2.05) is 22.4 Å². The third kappa shape index (κ3) is 2.32. The number of carbonyl (C=O) groups excluding carboxylic acids is 1. The quantitative estimate of drug-likeness (QED) is 0.922. The van der Waals surface area contributed by atoms with Crippen LogP contribution in [0.25, 0.3) is 0 Å². The Labute approximate surface area is 118 Å². The highest BCUT2D eigenvalue weighted by Crippen LogP contribution is 2.44. The maximum atomic E-state index is 12.3. The van der Waals surface area contributed by atoms with Crippen molar-refractivity contribution in [2.24, 2.45) is 11.8 Å². The minimum atomic E-state index is -0.636. The average Bonchev–Trinajstić information content (AvgIpc) is 2.86. The van der Waals surface area contributed by atoms with E-state index in [-0.39, 0.29) is 11.8 Å². The Kier molecular flexibility index (Phi) is 3.39. The zero-order valence-corrected chi connectivity index (χ0v) is 12.2. The van der Waals surface area contributed by atoms with Crippen molar-refractivity contribution in [3.8, 4) is 0 Å². The van der Waals surface area contributed by atoms with Crippen LogP contribution in [0.15, 0.2) is 17.5 Å². The molecule has 0 aromatic carbocycles. The largest absolute Gasteiger partial charge is 0.387 e. The fraction of sp³-hybridized carbons (Fsp3) is 0.667. The van der Waals surface area contributed by atoms with Gasteiger partial charge in [0.2, 0.25) is 5.91 Å². The first-order chi connectivity index (χ1) is 9.09. The Morgan fingerprint density at radius 3 is 2.95 bits per heavy atom. The molecule has 1 aliphatic heterocycles. The number of hydrogen-bond acceptors (Lipinski definition) is 3. The molecule has 0 spiro atoms. The molecular weight excluding hydrogens is 258 g/mol. The standard InChI is InChI=1S/C15H21NO2S/c1-11-9-16(10-15(11,18)12-4-2-5-12)14(17)8-13-6-3-7-19-13/h3,6-7,11-12,18H,2,4-5,8-10H2,1H3. The van der Waals surface area contributed by atoms with E-state index in [0.717, 1.165) is 17.7 Å². The molecule has 0 radical (unpaired) electrons. The monoisotopic (exact) mass is 279 g/mol. The summed E-state index contributed by atoms with van der Waals surface area (Å²) in [5, 5.41) is 12.8. The van der Waals surface area contributed by atoms with Gasteiger partial charge in [0.05, 0.1) is 12.0 Å². The molecule has 2 aliphatic rings. The molecule has 1 aromatic heterocycles. The number of nitrogens with zero attached hydrogens (tertiary/aromatic N) is 1. The summed E-state index contributed by atoms with van der Waals surface area (Å²) in [6, 6.07) is 3.98. The molecule has 1 saturated carbocycles. The Bertz CT molecular complexity index is 455. The molecule has 19 heavy (non-hydrogen) atoms. The molecule has 1 aromatic rings. The van der Waals surface area contributed by atoms with Crippen LogP contribution in [0.1, 0.15) is 31.1 Å². The molecule has 2 unspecified atom stereocenters. The minimum absolute atomic E-state index is 0.157. The first-order valence-corrected chi connectivity index (χ1v) is 8.00. The van der Waals surface area contributed by atoms with Gasteiger partial charge in [-0.2, -0.15) is 0 Å². The van der Waals surface area contributed by atoms with Crippen LogP contribution in [0.3, 0.4) is 0 Å². The lowest BCUT2D eigenvalue weighted by atomic mass is 9.69. The van der Waals surface area contributed by atoms with Crippen LogP contribution in [0, 0.1) is 11.8 Å². The summed E-state index contributed by atoms with van der Waals surface area (Å²) in [6.45, 7) is 3.32. The van der Waals surface area contributed by atoms with E-state index in [9.17, 15) is 9.90 Å². The van der Waals surface area contributed by atoms with Crippen molar-refractivity contribution in [3.63, 3.8) is 0 Å². The highest BCUT2D eigenvalue weighted by molar-refractivity contribution is 7.10. The van der Waals surface area contributed by atoms with Gasteiger partial charge in [-0.05, 0) is 30.2 Å². The van der Waals surface area contributed by atoms with Gasteiger partial charge in [0.25, 0.3) is 0 Å². The van der Waals surface area contributed by atoms with Gasteiger partial charge in [-0.3, -0.25) is 4.79 Å². The Morgan fingerprint density at radius 1 is 1.58 bits per heavy atom. The summed E-state index contributed by atoms with van der Waals surface area (Å²) < 4.78 is 0. The molecule has 1 N–H and O–H groups in total. The predicted octanol–water partition coefficient (Wildman–Crippen LogP) is 2.30. The van der Waals surface area contributed by atoms with E-state index >= 15 is 0 Å². The van der Waals surface area contributed by atoms with Gasteiger partial charge in [-0.15, -0.1) is 11.3 Å². The fourth-order valence-corrected chi connectivity index (χ4v) is 4.01. The summed E-state index contributed by atoms with van der Waals surface area (Å²) in [5.41, 5.74) is -0.636. The van der Waals surface area contributed by atoms with Gasteiger partial charge < -0.3 is 10.0 Å². The topological polar surface area (TPSA) is 40.5 Å².